The molecule has 0 radical (unpaired) electrons. The first kappa shape index (κ1) is 40.5. The summed E-state index contributed by atoms with van der Waals surface area (Å²) in [7, 11) is 0. The molecular weight excluding hydrogens is 803 g/mol. The molecule has 66 heavy (non-hydrogen) atoms. The molecule has 2 aliphatic heterocycles. The Bertz CT molecular complexity index is 3630. The molecule has 5 heteroatoms. The van der Waals surface area contributed by atoms with Crippen LogP contribution in [0.25, 0.3) is 55.0 Å². The lowest BCUT2D eigenvalue weighted by atomic mass is 9.33. The average molecular weight is 859 g/mol. The van der Waals surface area contributed by atoms with Gasteiger partial charge in [-0.15, -0.1) is 0 Å². The van der Waals surface area contributed by atoms with Crippen LogP contribution in [0.1, 0.15) is 84.6 Å². The van der Waals surface area contributed by atoms with Crippen LogP contribution in [0, 0.1) is 6.92 Å². The van der Waals surface area contributed by atoms with E-state index in [1.807, 2.05) is 6.07 Å². The largest absolute Gasteiger partial charge is 0.456 e. The van der Waals surface area contributed by atoms with Crippen molar-refractivity contribution in [3.8, 4) is 11.1 Å². The number of aryl methyl sites for hydroxylation is 1. The van der Waals surface area contributed by atoms with E-state index < -0.39 is 0 Å². The van der Waals surface area contributed by atoms with Crippen LogP contribution in [0.2, 0.25) is 0 Å². The topological polar surface area (TPSA) is 32.8 Å². The van der Waals surface area contributed by atoms with Crippen molar-refractivity contribution >= 4 is 101 Å². The molecule has 0 bridgehead atoms. The van der Waals surface area contributed by atoms with Crippen LogP contribution < -0.4 is 26.2 Å². The molecule has 0 spiro atoms. The Hall–Kier alpha value is -6.98. The molecule has 4 nitrogen and oxygen atoms in total. The second-order valence-corrected chi connectivity index (χ2v) is 21.9. The van der Waals surface area contributed by atoms with Crippen LogP contribution in [0.15, 0.2) is 160 Å². The SMILES string of the molecule is Cc1cc2c3c(c1)N(c1ccc4c(c1)oc1cc(C(C)(C)C)ccc14)c1cc(C(C)(C)C)ccc1B3c1ccc(C(C)(C)C)cc1N2c1ccc(-c2cccc3c2oc2ccccc23)cc1. The average Bonchev–Trinajstić information content (AvgIpc) is 3.85. The van der Waals surface area contributed by atoms with Gasteiger partial charge in [0, 0.05) is 67.3 Å². The van der Waals surface area contributed by atoms with Crippen molar-refractivity contribution in [1.29, 1.82) is 0 Å². The highest BCUT2D eigenvalue weighted by atomic mass is 16.3. The molecule has 0 saturated heterocycles. The van der Waals surface area contributed by atoms with Gasteiger partial charge in [-0.25, -0.2) is 0 Å². The first-order valence-corrected chi connectivity index (χ1v) is 23.5. The van der Waals surface area contributed by atoms with Gasteiger partial charge in [0.25, 0.3) is 6.71 Å². The first-order chi connectivity index (χ1) is 31.5. The van der Waals surface area contributed by atoms with Crippen molar-refractivity contribution < 1.29 is 8.83 Å². The van der Waals surface area contributed by atoms with Crippen LogP contribution in [0.3, 0.4) is 0 Å². The zero-order valence-corrected chi connectivity index (χ0v) is 39.7. The van der Waals surface area contributed by atoms with Gasteiger partial charge >= 0.3 is 0 Å². The fourth-order valence-corrected chi connectivity index (χ4v) is 10.8. The summed E-state index contributed by atoms with van der Waals surface area (Å²) in [6.45, 7) is 22.9. The molecule has 0 unspecified atom stereocenters. The third-order valence-electron chi connectivity index (χ3n) is 14.4. The van der Waals surface area contributed by atoms with Crippen molar-refractivity contribution in [3.05, 3.63) is 174 Å². The molecule has 4 heterocycles. The minimum absolute atomic E-state index is 0.0202. The Morgan fingerprint density at radius 2 is 0.924 bits per heavy atom. The summed E-state index contributed by atoms with van der Waals surface area (Å²) >= 11 is 0. The summed E-state index contributed by atoms with van der Waals surface area (Å²) in [5.74, 6) is 0. The molecule has 0 aliphatic carbocycles. The van der Waals surface area contributed by atoms with Crippen molar-refractivity contribution in [2.45, 2.75) is 85.5 Å². The van der Waals surface area contributed by atoms with Crippen molar-refractivity contribution in [1.82, 2.24) is 0 Å². The zero-order valence-electron chi connectivity index (χ0n) is 39.7. The van der Waals surface area contributed by atoms with Gasteiger partial charge in [-0.2, -0.15) is 0 Å². The molecule has 324 valence electrons. The van der Waals surface area contributed by atoms with E-state index in [0.29, 0.717) is 0 Å². The van der Waals surface area contributed by atoms with E-state index in [9.17, 15) is 0 Å². The van der Waals surface area contributed by atoms with Crippen LogP contribution in [0.5, 0.6) is 0 Å². The van der Waals surface area contributed by atoms with Crippen molar-refractivity contribution in [2.24, 2.45) is 0 Å². The number of para-hydroxylation sites is 2. The third kappa shape index (κ3) is 6.19. The zero-order chi connectivity index (χ0) is 45.6. The van der Waals surface area contributed by atoms with E-state index in [1.165, 1.54) is 61.4 Å². The number of furan rings is 2. The first-order valence-electron chi connectivity index (χ1n) is 23.5. The smallest absolute Gasteiger partial charge is 0.252 e. The molecule has 0 amide bonds. The van der Waals surface area contributed by atoms with Gasteiger partial charge in [0.05, 0.1) is 0 Å². The van der Waals surface area contributed by atoms with Crippen LogP contribution in [0.4, 0.5) is 34.1 Å². The fraction of sp³-hybridized carbons (Fsp3) is 0.213. The van der Waals surface area contributed by atoms with Gasteiger partial charge < -0.3 is 18.6 Å². The number of hydrogen-bond acceptors (Lipinski definition) is 4. The second-order valence-electron chi connectivity index (χ2n) is 21.9. The summed E-state index contributed by atoms with van der Waals surface area (Å²) in [5.41, 5.74) is 21.9. The molecule has 2 aromatic heterocycles. The Kier molecular flexibility index (Phi) is 8.61. The number of anilines is 6. The van der Waals surface area contributed by atoms with Crippen LogP contribution in [-0.4, -0.2) is 6.71 Å². The Morgan fingerprint density at radius 1 is 0.409 bits per heavy atom. The number of hydrogen-bond donors (Lipinski definition) is 0. The molecular formula is C61H55BN2O2. The standard InChI is InChI=1S/C61H55BN2O2/c1-36-30-52-57-53(31-36)64(42-25-27-46-45-26-20-40(61(8,9)10)34-55(45)65-56(46)35-42)51-33-39(60(5,6)7)22-29-49(51)62(57)48-28-21-38(59(2,3)4)32-50(48)63(52)41-23-18-37(19-24-41)43-15-13-16-47-44-14-11-12-17-54(44)66-58(43)47/h11-35H,1-10H3. The number of nitrogens with zero attached hydrogens (tertiary/aromatic N) is 2. The van der Waals surface area contributed by atoms with E-state index in [0.717, 1.165) is 66.4 Å². The molecule has 0 atom stereocenters. The van der Waals surface area contributed by atoms with Gasteiger partial charge in [0.15, 0.2) is 0 Å². The number of fused-ring (bicyclic) bond motifs is 10. The van der Waals surface area contributed by atoms with Gasteiger partial charge in [0.2, 0.25) is 0 Å². The van der Waals surface area contributed by atoms with E-state index in [-0.39, 0.29) is 23.0 Å². The normalized spacial score (nSPS) is 13.8. The predicted molar refractivity (Wildman–Crippen MR) is 281 cm³/mol. The highest BCUT2D eigenvalue weighted by molar-refractivity contribution is 7.00. The Balaban J connectivity index is 1.08. The molecule has 10 aromatic rings. The van der Waals surface area contributed by atoms with E-state index in [1.54, 1.807) is 0 Å². The molecule has 2 aliphatic rings. The van der Waals surface area contributed by atoms with E-state index in [4.69, 9.17) is 8.83 Å². The van der Waals surface area contributed by atoms with Gasteiger partial charge in [-0.05, 0) is 128 Å². The second kappa shape index (κ2) is 14.0. The molecule has 8 aromatic carbocycles. The quantitative estimate of drug-likeness (QED) is 0.166. The van der Waals surface area contributed by atoms with Crippen LogP contribution in [-0.2, 0) is 16.2 Å². The summed E-state index contributed by atoms with van der Waals surface area (Å²) < 4.78 is 13.3. The van der Waals surface area contributed by atoms with Crippen LogP contribution >= 0.6 is 0 Å². The number of benzene rings is 8. The Morgan fingerprint density at radius 3 is 1.56 bits per heavy atom. The third-order valence-corrected chi connectivity index (χ3v) is 14.4. The molecule has 12 rings (SSSR count). The van der Waals surface area contributed by atoms with E-state index >= 15 is 0 Å². The van der Waals surface area contributed by atoms with Gasteiger partial charge in [-0.3, -0.25) is 0 Å². The molecule has 0 fully saturated rings. The maximum absolute atomic E-state index is 6.77. The maximum Gasteiger partial charge on any atom is 0.252 e. The predicted octanol–water partition coefficient (Wildman–Crippen LogP) is 15.4. The Labute approximate surface area is 388 Å². The van der Waals surface area contributed by atoms with Gasteiger partial charge in [-0.1, -0.05) is 147 Å². The van der Waals surface area contributed by atoms with Crippen molar-refractivity contribution in [3.63, 3.8) is 0 Å². The van der Waals surface area contributed by atoms with E-state index in [2.05, 4.69) is 225 Å². The monoisotopic (exact) mass is 858 g/mol. The lowest BCUT2D eigenvalue weighted by molar-refractivity contribution is 0.587. The molecule has 0 N–H and O–H groups in total. The minimum Gasteiger partial charge on any atom is -0.456 e. The summed E-state index contributed by atoms with van der Waals surface area (Å²) in [4.78, 5) is 5.05. The summed E-state index contributed by atoms with van der Waals surface area (Å²) in [6.07, 6.45) is 0. The summed E-state index contributed by atoms with van der Waals surface area (Å²) in [6, 6.07) is 56.7. The minimum atomic E-state index is -0.0445. The van der Waals surface area contributed by atoms with Crippen molar-refractivity contribution in [2.75, 3.05) is 9.80 Å². The lowest BCUT2D eigenvalue weighted by Gasteiger charge is -2.45. The fourth-order valence-electron chi connectivity index (χ4n) is 10.8. The highest BCUT2D eigenvalue weighted by Gasteiger charge is 2.44. The number of rotatable bonds is 3. The van der Waals surface area contributed by atoms with Gasteiger partial charge in [0.1, 0.15) is 22.3 Å². The maximum atomic E-state index is 6.77. The molecule has 0 saturated carbocycles. The highest BCUT2D eigenvalue weighted by Crippen LogP contribution is 2.48. The summed E-state index contributed by atoms with van der Waals surface area (Å²) in [5, 5.41) is 4.56. The lowest BCUT2D eigenvalue weighted by Crippen LogP contribution is -2.61.